The summed E-state index contributed by atoms with van der Waals surface area (Å²) in [5.41, 5.74) is 5.23. The molecule has 4 nitrogen and oxygen atoms in total. The zero-order valence-corrected chi connectivity index (χ0v) is 7.66. The van der Waals surface area contributed by atoms with Crippen LogP contribution < -0.4 is 11.1 Å². The molecule has 0 spiro atoms. The van der Waals surface area contributed by atoms with E-state index in [1.807, 2.05) is 0 Å². The Morgan fingerprint density at radius 1 is 1.38 bits per heavy atom. The Kier molecular flexibility index (Phi) is 2.51. The van der Waals surface area contributed by atoms with Gasteiger partial charge in [0, 0.05) is 0 Å². The highest BCUT2D eigenvalue weighted by molar-refractivity contribution is 5.78. The van der Waals surface area contributed by atoms with Crippen molar-refractivity contribution in [2.45, 2.75) is 43.9 Å². The second-order valence-electron chi connectivity index (χ2n) is 3.83. The van der Waals surface area contributed by atoms with Gasteiger partial charge in [0.15, 0.2) is 0 Å². The summed E-state index contributed by atoms with van der Waals surface area (Å²) in [5, 5.41) is 2.91. The monoisotopic (exact) mass is 184 g/mol. The third-order valence-corrected chi connectivity index (χ3v) is 2.92. The smallest absolute Gasteiger partial charge is 0.234 e. The van der Waals surface area contributed by atoms with Crippen LogP contribution in [0.25, 0.3) is 0 Å². The van der Waals surface area contributed by atoms with Gasteiger partial charge in [0.2, 0.25) is 5.91 Å². The van der Waals surface area contributed by atoms with Gasteiger partial charge in [-0.05, 0) is 25.7 Å². The summed E-state index contributed by atoms with van der Waals surface area (Å²) in [7, 11) is 0. The first-order chi connectivity index (χ1) is 6.29. The lowest BCUT2D eigenvalue weighted by Crippen LogP contribution is -2.47. The van der Waals surface area contributed by atoms with Gasteiger partial charge < -0.3 is 15.8 Å². The Balaban J connectivity index is 1.89. The summed E-state index contributed by atoms with van der Waals surface area (Å²) < 4.78 is 5.70. The van der Waals surface area contributed by atoms with Crippen LogP contribution in [0.4, 0.5) is 0 Å². The van der Waals surface area contributed by atoms with Crippen molar-refractivity contribution in [1.29, 1.82) is 0 Å². The van der Waals surface area contributed by atoms with Crippen LogP contribution >= 0.6 is 0 Å². The van der Waals surface area contributed by atoms with Gasteiger partial charge >= 0.3 is 0 Å². The summed E-state index contributed by atoms with van der Waals surface area (Å²) >= 11 is 0. The molecule has 2 aliphatic heterocycles. The highest BCUT2D eigenvalue weighted by Gasteiger charge is 2.36. The molecule has 2 bridgehead atoms. The van der Waals surface area contributed by atoms with Crippen molar-refractivity contribution in [2.24, 2.45) is 5.73 Å². The Morgan fingerprint density at radius 2 is 2.15 bits per heavy atom. The third-order valence-electron chi connectivity index (χ3n) is 2.92. The Hall–Kier alpha value is -0.610. The molecular formula is C9H16N2O2. The van der Waals surface area contributed by atoms with Gasteiger partial charge in [-0.2, -0.15) is 0 Å². The molecule has 2 heterocycles. The number of nitrogens with one attached hydrogen (secondary N) is 1. The van der Waals surface area contributed by atoms with Crippen molar-refractivity contribution in [2.75, 3.05) is 6.54 Å². The standard InChI is InChI=1S/C9H16N2O2/c10-5-9(12)11-7-3-1-6-2-4-8(7)13-6/h6-8H,1-5,10H2,(H,11,12). The Bertz CT molecular complexity index is 208. The predicted molar refractivity (Wildman–Crippen MR) is 48.1 cm³/mol. The van der Waals surface area contributed by atoms with Crippen molar-refractivity contribution in [3.63, 3.8) is 0 Å². The average Bonchev–Trinajstić information content (AvgIpc) is 2.54. The maximum absolute atomic E-state index is 11.1. The fourth-order valence-corrected chi connectivity index (χ4v) is 2.22. The van der Waals surface area contributed by atoms with E-state index in [2.05, 4.69) is 5.32 Å². The zero-order chi connectivity index (χ0) is 9.26. The topological polar surface area (TPSA) is 64.4 Å². The minimum absolute atomic E-state index is 0.0704. The number of nitrogens with two attached hydrogens (primary N) is 1. The van der Waals surface area contributed by atoms with E-state index in [1.165, 1.54) is 0 Å². The normalized spacial score (nSPS) is 37.5. The van der Waals surface area contributed by atoms with E-state index >= 15 is 0 Å². The van der Waals surface area contributed by atoms with Crippen LogP contribution in [-0.4, -0.2) is 30.7 Å². The molecular weight excluding hydrogens is 168 g/mol. The van der Waals surface area contributed by atoms with Gasteiger partial charge in [-0.15, -0.1) is 0 Å². The van der Waals surface area contributed by atoms with E-state index in [9.17, 15) is 4.79 Å². The molecule has 0 aromatic rings. The van der Waals surface area contributed by atoms with Crippen LogP contribution in [0.2, 0.25) is 0 Å². The first-order valence-electron chi connectivity index (χ1n) is 4.94. The first kappa shape index (κ1) is 8.97. The largest absolute Gasteiger partial charge is 0.373 e. The second kappa shape index (κ2) is 3.64. The molecule has 3 atom stereocenters. The molecule has 2 saturated heterocycles. The highest BCUT2D eigenvalue weighted by Crippen LogP contribution is 2.32. The minimum Gasteiger partial charge on any atom is -0.373 e. The van der Waals surface area contributed by atoms with Crippen molar-refractivity contribution in [1.82, 2.24) is 5.32 Å². The van der Waals surface area contributed by atoms with Crippen LogP contribution in [0.3, 0.4) is 0 Å². The number of carbonyl (C=O) groups excluding carboxylic acids is 1. The maximum Gasteiger partial charge on any atom is 0.234 e. The molecule has 2 fully saturated rings. The summed E-state index contributed by atoms with van der Waals surface area (Å²) in [4.78, 5) is 11.1. The third kappa shape index (κ3) is 1.84. The average molecular weight is 184 g/mol. The molecule has 3 unspecified atom stereocenters. The quantitative estimate of drug-likeness (QED) is 0.623. The van der Waals surface area contributed by atoms with E-state index < -0.39 is 0 Å². The number of hydrogen-bond acceptors (Lipinski definition) is 3. The lowest BCUT2D eigenvalue weighted by molar-refractivity contribution is -0.122. The molecule has 3 N–H and O–H groups in total. The fraction of sp³-hybridized carbons (Fsp3) is 0.889. The number of hydrogen-bond donors (Lipinski definition) is 2. The molecule has 0 radical (unpaired) electrons. The van der Waals surface area contributed by atoms with Gasteiger partial charge in [0.05, 0.1) is 24.8 Å². The fourth-order valence-electron chi connectivity index (χ4n) is 2.22. The van der Waals surface area contributed by atoms with Crippen LogP contribution in [0.1, 0.15) is 25.7 Å². The predicted octanol–water partition coefficient (Wildman–Crippen LogP) is -0.229. The van der Waals surface area contributed by atoms with Crippen molar-refractivity contribution in [3.05, 3.63) is 0 Å². The number of carbonyl (C=O) groups is 1. The molecule has 4 heteroatoms. The van der Waals surface area contributed by atoms with Crippen molar-refractivity contribution < 1.29 is 9.53 Å². The summed E-state index contributed by atoms with van der Waals surface area (Å²) in [6.45, 7) is 0.0760. The van der Waals surface area contributed by atoms with Gasteiger partial charge in [0.25, 0.3) is 0 Å². The molecule has 2 rings (SSSR count). The number of amides is 1. The van der Waals surface area contributed by atoms with Gasteiger partial charge in [-0.1, -0.05) is 0 Å². The molecule has 0 aromatic heterocycles. The molecule has 0 saturated carbocycles. The molecule has 2 aliphatic rings. The maximum atomic E-state index is 11.1. The lowest BCUT2D eigenvalue weighted by Gasteiger charge is -2.29. The van der Waals surface area contributed by atoms with Gasteiger partial charge in [-0.3, -0.25) is 4.79 Å². The summed E-state index contributed by atoms with van der Waals surface area (Å²) in [6.07, 6.45) is 5.05. The highest BCUT2D eigenvalue weighted by atomic mass is 16.5. The van der Waals surface area contributed by atoms with Crippen molar-refractivity contribution >= 4 is 5.91 Å². The second-order valence-corrected chi connectivity index (χ2v) is 3.83. The van der Waals surface area contributed by atoms with Crippen LogP contribution in [0.5, 0.6) is 0 Å². The SMILES string of the molecule is NCC(=O)NC1CCC2CCC1O2. The van der Waals surface area contributed by atoms with E-state index in [1.54, 1.807) is 0 Å². The van der Waals surface area contributed by atoms with Gasteiger partial charge in [-0.25, -0.2) is 0 Å². The van der Waals surface area contributed by atoms with E-state index in [4.69, 9.17) is 10.5 Å². The lowest BCUT2D eigenvalue weighted by atomic mass is 10.0. The van der Waals surface area contributed by atoms with E-state index in [0.717, 1.165) is 25.7 Å². The molecule has 74 valence electrons. The molecule has 0 aromatic carbocycles. The summed E-state index contributed by atoms with van der Waals surface area (Å²) in [6, 6.07) is 0.204. The Labute approximate surface area is 77.8 Å². The van der Waals surface area contributed by atoms with Gasteiger partial charge in [0.1, 0.15) is 0 Å². The number of rotatable bonds is 2. The van der Waals surface area contributed by atoms with Crippen molar-refractivity contribution in [3.8, 4) is 0 Å². The van der Waals surface area contributed by atoms with E-state index in [-0.39, 0.29) is 24.6 Å². The molecule has 1 amide bonds. The van der Waals surface area contributed by atoms with E-state index in [0.29, 0.717) is 6.10 Å². The Morgan fingerprint density at radius 3 is 2.92 bits per heavy atom. The zero-order valence-electron chi connectivity index (χ0n) is 7.66. The van der Waals surface area contributed by atoms with Crippen LogP contribution in [-0.2, 0) is 9.53 Å². The number of ether oxygens (including phenoxy) is 1. The van der Waals surface area contributed by atoms with Crippen LogP contribution in [0, 0.1) is 0 Å². The minimum atomic E-state index is -0.0704. The molecule has 0 aliphatic carbocycles. The molecule has 13 heavy (non-hydrogen) atoms. The van der Waals surface area contributed by atoms with Crippen LogP contribution in [0.15, 0.2) is 0 Å². The number of fused-ring (bicyclic) bond motifs is 2. The summed E-state index contributed by atoms with van der Waals surface area (Å²) in [5.74, 6) is -0.0704. The first-order valence-corrected chi connectivity index (χ1v) is 4.94.